The van der Waals surface area contributed by atoms with E-state index in [-0.39, 0.29) is 0 Å². The van der Waals surface area contributed by atoms with Crippen molar-refractivity contribution < 1.29 is 0 Å². The predicted octanol–water partition coefficient (Wildman–Crippen LogP) is 1.32. The molecule has 1 fully saturated rings. The molecule has 1 aliphatic rings. The Kier molecular flexibility index (Phi) is 2.65. The summed E-state index contributed by atoms with van der Waals surface area (Å²) in [7, 11) is 0. The van der Waals surface area contributed by atoms with Gasteiger partial charge in [0.05, 0.1) is 6.54 Å². The maximum Gasteiger partial charge on any atom is 0.139 e. The van der Waals surface area contributed by atoms with Gasteiger partial charge < -0.3 is 9.88 Å². The summed E-state index contributed by atoms with van der Waals surface area (Å²) in [6.07, 6.45) is 0. The van der Waals surface area contributed by atoms with Gasteiger partial charge in [0.15, 0.2) is 0 Å². The molecule has 1 saturated heterocycles. The summed E-state index contributed by atoms with van der Waals surface area (Å²) in [6, 6.07) is 10.5. The van der Waals surface area contributed by atoms with Crippen LogP contribution in [0.1, 0.15) is 23.1 Å². The third kappa shape index (κ3) is 1.96. The minimum atomic E-state index is 0.528. The summed E-state index contributed by atoms with van der Waals surface area (Å²) in [5.41, 5.74) is 1.30. The number of hydrogen-bond donors (Lipinski definition) is 1. The Labute approximate surface area is 101 Å². The monoisotopic (exact) mass is 228 g/mol. The van der Waals surface area contributed by atoms with E-state index in [1.54, 1.807) is 0 Å². The van der Waals surface area contributed by atoms with Crippen LogP contribution in [0.15, 0.2) is 30.3 Å². The molecule has 0 saturated carbocycles. The van der Waals surface area contributed by atoms with E-state index >= 15 is 0 Å². The van der Waals surface area contributed by atoms with E-state index in [0.29, 0.717) is 5.92 Å². The smallest absolute Gasteiger partial charge is 0.139 e. The molecule has 0 aliphatic carbocycles. The number of aryl methyl sites for hydroxylation is 1. The molecule has 88 valence electrons. The molecule has 0 atom stereocenters. The lowest BCUT2D eigenvalue weighted by Crippen LogP contribution is -2.41. The average Bonchev–Trinajstić information content (AvgIpc) is 2.61. The highest BCUT2D eigenvalue weighted by Gasteiger charge is 2.25. The van der Waals surface area contributed by atoms with Crippen LogP contribution in [-0.4, -0.2) is 27.9 Å². The van der Waals surface area contributed by atoms with Gasteiger partial charge in [-0.3, -0.25) is 0 Å². The van der Waals surface area contributed by atoms with Gasteiger partial charge in [-0.05, 0) is 12.5 Å². The van der Waals surface area contributed by atoms with Crippen molar-refractivity contribution in [2.24, 2.45) is 0 Å². The van der Waals surface area contributed by atoms with Crippen molar-refractivity contribution in [3.8, 4) is 0 Å². The predicted molar refractivity (Wildman–Crippen MR) is 65.9 cm³/mol. The molecule has 1 N–H and O–H groups in total. The first-order chi connectivity index (χ1) is 8.34. The van der Waals surface area contributed by atoms with Crippen LogP contribution >= 0.6 is 0 Å². The second-order valence-corrected chi connectivity index (χ2v) is 4.53. The van der Waals surface area contributed by atoms with Crippen molar-refractivity contribution in [2.75, 3.05) is 13.1 Å². The zero-order chi connectivity index (χ0) is 11.7. The Morgan fingerprint density at radius 1 is 1.24 bits per heavy atom. The van der Waals surface area contributed by atoms with Gasteiger partial charge in [-0.25, -0.2) is 0 Å². The van der Waals surface area contributed by atoms with Gasteiger partial charge in [0.1, 0.15) is 11.6 Å². The zero-order valence-corrected chi connectivity index (χ0v) is 9.93. The topological polar surface area (TPSA) is 42.7 Å². The Morgan fingerprint density at radius 3 is 2.65 bits per heavy atom. The van der Waals surface area contributed by atoms with Crippen LogP contribution < -0.4 is 5.32 Å². The van der Waals surface area contributed by atoms with E-state index in [1.807, 2.05) is 13.0 Å². The van der Waals surface area contributed by atoms with E-state index in [2.05, 4.69) is 44.3 Å². The van der Waals surface area contributed by atoms with Crippen LogP contribution in [0.4, 0.5) is 0 Å². The van der Waals surface area contributed by atoms with Gasteiger partial charge in [0.2, 0.25) is 0 Å². The van der Waals surface area contributed by atoms with Crippen molar-refractivity contribution in [1.82, 2.24) is 20.1 Å². The Morgan fingerprint density at radius 2 is 2.00 bits per heavy atom. The molecule has 3 rings (SSSR count). The Hall–Kier alpha value is -1.68. The molecule has 2 heterocycles. The van der Waals surface area contributed by atoms with Gasteiger partial charge in [-0.1, -0.05) is 30.3 Å². The molecular formula is C13H16N4. The molecule has 0 bridgehead atoms. The molecule has 1 aromatic carbocycles. The Bertz CT molecular complexity index is 499. The number of hydrogen-bond acceptors (Lipinski definition) is 3. The first-order valence-electron chi connectivity index (χ1n) is 5.99. The molecule has 2 aromatic rings. The summed E-state index contributed by atoms with van der Waals surface area (Å²) in [6.45, 7) is 4.93. The lowest BCUT2D eigenvalue weighted by molar-refractivity contribution is 0.416. The number of rotatable bonds is 3. The number of nitrogens with one attached hydrogen (secondary N) is 1. The first kappa shape index (κ1) is 10.5. The van der Waals surface area contributed by atoms with E-state index < -0.39 is 0 Å². The minimum absolute atomic E-state index is 0.528. The van der Waals surface area contributed by atoms with Crippen LogP contribution in [0.25, 0.3) is 0 Å². The second kappa shape index (κ2) is 4.30. The molecule has 4 nitrogen and oxygen atoms in total. The maximum absolute atomic E-state index is 4.31. The van der Waals surface area contributed by atoms with Crippen molar-refractivity contribution in [3.05, 3.63) is 47.5 Å². The maximum atomic E-state index is 4.31. The largest absolute Gasteiger partial charge is 0.315 e. The molecule has 1 aliphatic heterocycles. The zero-order valence-electron chi connectivity index (χ0n) is 9.93. The fourth-order valence-corrected chi connectivity index (χ4v) is 2.13. The van der Waals surface area contributed by atoms with Gasteiger partial charge >= 0.3 is 0 Å². The van der Waals surface area contributed by atoms with Gasteiger partial charge in [-0.15, -0.1) is 10.2 Å². The standard InChI is InChI=1S/C13H16N4/c1-10-15-16-13(12-7-14-8-12)17(10)9-11-5-3-2-4-6-11/h2-6,12,14H,7-9H2,1H3. The van der Waals surface area contributed by atoms with E-state index in [9.17, 15) is 0 Å². The fourth-order valence-electron chi connectivity index (χ4n) is 2.13. The molecule has 4 heteroatoms. The van der Waals surface area contributed by atoms with Crippen molar-refractivity contribution in [1.29, 1.82) is 0 Å². The van der Waals surface area contributed by atoms with Crippen molar-refractivity contribution in [2.45, 2.75) is 19.4 Å². The van der Waals surface area contributed by atoms with Crippen LogP contribution in [-0.2, 0) is 6.54 Å². The minimum Gasteiger partial charge on any atom is -0.315 e. The molecule has 0 spiro atoms. The van der Waals surface area contributed by atoms with Crippen LogP contribution in [0.2, 0.25) is 0 Å². The van der Waals surface area contributed by atoms with E-state index in [4.69, 9.17) is 0 Å². The third-order valence-electron chi connectivity index (χ3n) is 3.29. The van der Waals surface area contributed by atoms with Crippen molar-refractivity contribution in [3.63, 3.8) is 0 Å². The molecule has 0 amide bonds. The lowest BCUT2D eigenvalue weighted by atomic mass is 10.0. The molecule has 17 heavy (non-hydrogen) atoms. The van der Waals surface area contributed by atoms with Gasteiger partial charge in [0, 0.05) is 19.0 Å². The molecule has 1 aromatic heterocycles. The third-order valence-corrected chi connectivity index (χ3v) is 3.29. The highest BCUT2D eigenvalue weighted by molar-refractivity contribution is 5.17. The fraction of sp³-hybridized carbons (Fsp3) is 0.385. The van der Waals surface area contributed by atoms with Crippen LogP contribution in [0, 0.1) is 6.92 Å². The lowest BCUT2D eigenvalue weighted by Gasteiger charge is -2.26. The normalized spacial score (nSPS) is 15.8. The van der Waals surface area contributed by atoms with Crippen LogP contribution in [0.5, 0.6) is 0 Å². The SMILES string of the molecule is Cc1nnc(C2CNC2)n1Cc1ccccc1. The summed E-state index contributed by atoms with van der Waals surface area (Å²) in [5, 5.41) is 11.8. The Balaban J connectivity index is 1.89. The highest BCUT2D eigenvalue weighted by atomic mass is 15.3. The molecule has 0 unspecified atom stereocenters. The molecule has 0 radical (unpaired) electrons. The first-order valence-corrected chi connectivity index (χ1v) is 5.99. The average molecular weight is 228 g/mol. The van der Waals surface area contributed by atoms with Crippen molar-refractivity contribution >= 4 is 0 Å². The summed E-state index contributed by atoms with van der Waals surface area (Å²) < 4.78 is 2.22. The van der Waals surface area contributed by atoms with Crippen LogP contribution in [0.3, 0.4) is 0 Å². The number of aromatic nitrogens is 3. The number of benzene rings is 1. The quantitative estimate of drug-likeness (QED) is 0.861. The number of nitrogens with zero attached hydrogens (tertiary/aromatic N) is 3. The molecular weight excluding hydrogens is 212 g/mol. The van der Waals surface area contributed by atoms with Gasteiger partial charge in [0.25, 0.3) is 0 Å². The van der Waals surface area contributed by atoms with E-state index in [0.717, 1.165) is 31.3 Å². The van der Waals surface area contributed by atoms with Gasteiger partial charge in [-0.2, -0.15) is 0 Å². The highest BCUT2D eigenvalue weighted by Crippen LogP contribution is 2.19. The second-order valence-electron chi connectivity index (χ2n) is 4.53. The summed E-state index contributed by atoms with van der Waals surface area (Å²) in [5.74, 6) is 2.64. The van der Waals surface area contributed by atoms with E-state index in [1.165, 1.54) is 5.56 Å². The summed E-state index contributed by atoms with van der Waals surface area (Å²) in [4.78, 5) is 0. The summed E-state index contributed by atoms with van der Waals surface area (Å²) >= 11 is 0.